The number of benzene rings is 2. The third-order valence-corrected chi connectivity index (χ3v) is 3.29. The fraction of sp³-hybridized carbons (Fsp3) is 0.0714. The lowest BCUT2D eigenvalue weighted by molar-refractivity contribution is 0.102. The fourth-order valence-corrected chi connectivity index (χ4v) is 2.43. The third kappa shape index (κ3) is 2.70. The number of rotatable bonds is 2. The average molecular weight is 337 g/mol. The number of nitrogen functional groups attached to an aromatic ring is 1. The fourth-order valence-electron chi connectivity index (χ4n) is 1.84. The summed E-state index contributed by atoms with van der Waals surface area (Å²) < 4.78 is 0.811. The maximum Gasteiger partial charge on any atom is 0.259 e. The first-order chi connectivity index (χ1) is 9.40. The smallest absolute Gasteiger partial charge is 0.259 e. The molecule has 2 aromatic carbocycles. The van der Waals surface area contributed by atoms with Crippen LogP contribution in [0.3, 0.4) is 0 Å². The first-order valence-electron chi connectivity index (χ1n) is 5.78. The summed E-state index contributed by atoms with van der Waals surface area (Å²) in [7, 11) is 0. The minimum atomic E-state index is -0.546. The molecular formula is C14H13BrN2O3. The highest BCUT2D eigenvalue weighted by Crippen LogP contribution is 2.31. The largest absolute Gasteiger partial charge is 0.504 e. The van der Waals surface area contributed by atoms with Gasteiger partial charge in [0.25, 0.3) is 5.91 Å². The van der Waals surface area contributed by atoms with Gasteiger partial charge >= 0.3 is 0 Å². The molecule has 0 saturated carbocycles. The Kier molecular flexibility index (Phi) is 3.85. The topological polar surface area (TPSA) is 95.6 Å². The highest BCUT2D eigenvalue weighted by molar-refractivity contribution is 9.10. The lowest BCUT2D eigenvalue weighted by Crippen LogP contribution is -2.14. The van der Waals surface area contributed by atoms with Gasteiger partial charge < -0.3 is 21.3 Å². The summed E-state index contributed by atoms with van der Waals surface area (Å²) in [5, 5.41) is 21.7. The van der Waals surface area contributed by atoms with Crippen molar-refractivity contribution in [2.75, 3.05) is 11.1 Å². The molecule has 0 aromatic heterocycles. The molecule has 0 bridgehead atoms. The lowest BCUT2D eigenvalue weighted by Gasteiger charge is -2.13. The number of aromatic hydroxyl groups is 2. The third-order valence-electron chi connectivity index (χ3n) is 2.83. The Bertz CT molecular complexity index is 663. The van der Waals surface area contributed by atoms with Crippen molar-refractivity contribution in [2.24, 2.45) is 0 Å². The highest BCUT2D eigenvalue weighted by atomic mass is 79.9. The Labute approximate surface area is 124 Å². The zero-order chi connectivity index (χ0) is 14.9. The molecule has 2 rings (SSSR count). The second-order valence-electron chi connectivity index (χ2n) is 4.31. The average Bonchev–Trinajstić information content (AvgIpc) is 2.36. The van der Waals surface area contributed by atoms with E-state index in [0.717, 1.165) is 10.0 Å². The second-order valence-corrected chi connectivity index (χ2v) is 5.23. The van der Waals surface area contributed by atoms with Crippen LogP contribution in [0, 0.1) is 6.92 Å². The number of hydrogen-bond acceptors (Lipinski definition) is 4. The number of halogens is 1. The zero-order valence-corrected chi connectivity index (χ0v) is 12.2. The molecule has 0 unspecified atom stereocenters. The van der Waals surface area contributed by atoms with Crippen LogP contribution < -0.4 is 11.1 Å². The molecule has 0 heterocycles. The summed E-state index contributed by atoms with van der Waals surface area (Å²) in [6, 6.07) is 7.67. The van der Waals surface area contributed by atoms with Crippen molar-refractivity contribution in [3.8, 4) is 11.5 Å². The Morgan fingerprint density at radius 2 is 2.00 bits per heavy atom. The molecule has 0 saturated heterocycles. The molecule has 20 heavy (non-hydrogen) atoms. The molecule has 0 aliphatic carbocycles. The molecule has 0 atom stereocenters. The molecule has 5 N–H and O–H groups in total. The van der Waals surface area contributed by atoms with Gasteiger partial charge in [0.1, 0.15) is 0 Å². The summed E-state index contributed by atoms with van der Waals surface area (Å²) in [5.74, 6) is -1.35. The first-order valence-corrected chi connectivity index (χ1v) is 6.57. The van der Waals surface area contributed by atoms with Gasteiger partial charge in [0.15, 0.2) is 11.5 Å². The number of nitrogens with two attached hydrogens (primary N) is 1. The van der Waals surface area contributed by atoms with Crippen molar-refractivity contribution in [3.05, 3.63) is 45.9 Å². The molecule has 0 aliphatic heterocycles. The zero-order valence-electron chi connectivity index (χ0n) is 10.6. The number of amides is 1. The quantitative estimate of drug-likeness (QED) is 0.500. The van der Waals surface area contributed by atoms with E-state index in [9.17, 15) is 15.0 Å². The molecule has 0 aliphatic rings. The van der Waals surface area contributed by atoms with Gasteiger partial charge in [-0.05, 0) is 36.8 Å². The second kappa shape index (κ2) is 5.42. The van der Waals surface area contributed by atoms with Crippen LogP contribution in [0.2, 0.25) is 0 Å². The van der Waals surface area contributed by atoms with E-state index in [-0.39, 0.29) is 11.3 Å². The molecule has 0 spiro atoms. The van der Waals surface area contributed by atoms with Crippen LogP contribution in [0.5, 0.6) is 11.5 Å². The molecule has 1 amide bonds. The van der Waals surface area contributed by atoms with E-state index < -0.39 is 11.7 Å². The number of aryl methyl sites for hydroxylation is 1. The summed E-state index contributed by atoms with van der Waals surface area (Å²) in [4.78, 5) is 12.1. The Morgan fingerprint density at radius 1 is 1.30 bits per heavy atom. The number of phenolic OH excluding ortho intramolecular Hbond substituents is 2. The van der Waals surface area contributed by atoms with Crippen molar-refractivity contribution in [2.45, 2.75) is 6.92 Å². The maximum atomic E-state index is 12.1. The van der Waals surface area contributed by atoms with Gasteiger partial charge in [-0.25, -0.2) is 0 Å². The van der Waals surface area contributed by atoms with Crippen molar-refractivity contribution < 1.29 is 15.0 Å². The standard InChI is InChI=1S/C14H13BrN2O3/c1-7-5-8(15)6-10(16)12(7)17-14(20)9-3-2-4-11(18)13(9)19/h2-6,18-19H,16H2,1H3,(H,17,20). The van der Waals surface area contributed by atoms with Crippen molar-refractivity contribution in [1.29, 1.82) is 0 Å². The van der Waals surface area contributed by atoms with E-state index in [2.05, 4.69) is 21.2 Å². The van der Waals surface area contributed by atoms with Crippen molar-refractivity contribution >= 4 is 33.2 Å². The Morgan fingerprint density at radius 3 is 2.65 bits per heavy atom. The Hall–Kier alpha value is -2.21. The van der Waals surface area contributed by atoms with Gasteiger partial charge in [0, 0.05) is 4.47 Å². The predicted octanol–water partition coefficient (Wildman–Crippen LogP) is 3.00. The minimum absolute atomic E-state index is 0.0216. The molecule has 5 nitrogen and oxygen atoms in total. The van der Waals surface area contributed by atoms with Crippen LogP contribution in [0.1, 0.15) is 15.9 Å². The lowest BCUT2D eigenvalue weighted by atomic mass is 10.1. The number of phenols is 2. The number of para-hydroxylation sites is 1. The van der Waals surface area contributed by atoms with E-state index in [4.69, 9.17) is 5.73 Å². The maximum absolute atomic E-state index is 12.1. The van der Waals surface area contributed by atoms with Gasteiger partial charge in [-0.2, -0.15) is 0 Å². The van der Waals surface area contributed by atoms with E-state index in [1.54, 1.807) is 13.0 Å². The van der Waals surface area contributed by atoms with Gasteiger partial charge in [0.05, 0.1) is 16.9 Å². The first kappa shape index (κ1) is 14.2. The summed E-state index contributed by atoms with van der Waals surface area (Å²) in [6.45, 7) is 1.80. The number of anilines is 2. The van der Waals surface area contributed by atoms with Crippen LogP contribution in [-0.2, 0) is 0 Å². The SMILES string of the molecule is Cc1cc(Br)cc(N)c1NC(=O)c1cccc(O)c1O. The van der Waals surface area contributed by atoms with Crippen LogP contribution in [0.4, 0.5) is 11.4 Å². The number of carbonyl (C=O) groups is 1. The van der Waals surface area contributed by atoms with Gasteiger partial charge in [0.2, 0.25) is 0 Å². The molecule has 6 heteroatoms. The van der Waals surface area contributed by atoms with Crippen LogP contribution >= 0.6 is 15.9 Å². The van der Waals surface area contributed by atoms with Gasteiger partial charge in [-0.3, -0.25) is 4.79 Å². The van der Waals surface area contributed by atoms with Gasteiger partial charge in [-0.15, -0.1) is 0 Å². The molecule has 104 valence electrons. The van der Waals surface area contributed by atoms with Crippen LogP contribution in [0.25, 0.3) is 0 Å². The molecule has 2 aromatic rings. The number of nitrogens with one attached hydrogen (secondary N) is 1. The molecule has 0 fully saturated rings. The summed E-state index contributed by atoms with van der Waals surface area (Å²) >= 11 is 3.31. The van der Waals surface area contributed by atoms with E-state index in [0.29, 0.717) is 11.4 Å². The van der Waals surface area contributed by atoms with E-state index >= 15 is 0 Å². The van der Waals surface area contributed by atoms with Crippen molar-refractivity contribution in [1.82, 2.24) is 0 Å². The summed E-state index contributed by atoms with van der Waals surface area (Å²) in [6.07, 6.45) is 0. The Balaban J connectivity index is 2.36. The van der Waals surface area contributed by atoms with E-state index in [1.807, 2.05) is 6.07 Å². The van der Waals surface area contributed by atoms with Gasteiger partial charge in [-0.1, -0.05) is 22.0 Å². The van der Waals surface area contributed by atoms with Crippen molar-refractivity contribution in [3.63, 3.8) is 0 Å². The van der Waals surface area contributed by atoms with Crippen LogP contribution in [0.15, 0.2) is 34.8 Å². The number of carbonyl (C=O) groups excluding carboxylic acids is 1. The molecule has 0 radical (unpaired) electrons. The van der Waals surface area contributed by atoms with Crippen LogP contribution in [-0.4, -0.2) is 16.1 Å². The highest BCUT2D eigenvalue weighted by Gasteiger charge is 2.16. The molecular weight excluding hydrogens is 324 g/mol. The monoisotopic (exact) mass is 336 g/mol. The minimum Gasteiger partial charge on any atom is -0.504 e. The normalized spacial score (nSPS) is 10.3. The summed E-state index contributed by atoms with van der Waals surface area (Å²) in [5.41, 5.74) is 7.50. The predicted molar refractivity (Wildman–Crippen MR) is 81.0 cm³/mol. The number of hydrogen-bond donors (Lipinski definition) is 4. The van der Waals surface area contributed by atoms with E-state index in [1.165, 1.54) is 18.2 Å².